The predicted octanol–water partition coefficient (Wildman–Crippen LogP) is 2.35. The van der Waals surface area contributed by atoms with Crippen LogP contribution in [0.25, 0.3) is 10.9 Å². The Hall–Kier alpha value is -1.94. The Balaban J connectivity index is 1.75. The van der Waals surface area contributed by atoms with E-state index in [0.29, 0.717) is 12.1 Å². The second-order valence-corrected chi connectivity index (χ2v) is 6.15. The first-order valence-corrected chi connectivity index (χ1v) is 7.51. The first kappa shape index (κ1) is 14.0. The lowest BCUT2D eigenvalue weighted by molar-refractivity contribution is 0.0926. The van der Waals surface area contributed by atoms with Crippen molar-refractivity contribution >= 4 is 16.8 Å². The number of pyridine rings is 1. The maximum absolute atomic E-state index is 12.5. The molecule has 1 aliphatic rings. The summed E-state index contributed by atoms with van der Waals surface area (Å²) in [5, 5.41) is 7.41. The first-order valence-electron chi connectivity index (χ1n) is 7.51. The van der Waals surface area contributed by atoms with E-state index in [9.17, 15) is 4.79 Å². The van der Waals surface area contributed by atoms with Crippen molar-refractivity contribution in [1.82, 2.24) is 15.6 Å². The van der Waals surface area contributed by atoms with Crippen LogP contribution in [0.4, 0.5) is 0 Å². The Kier molecular flexibility index (Phi) is 3.88. The minimum Gasteiger partial charge on any atom is -0.351 e. The molecule has 21 heavy (non-hydrogen) atoms. The van der Waals surface area contributed by atoms with Gasteiger partial charge in [0.1, 0.15) is 0 Å². The lowest BCUT2D eigenvalue weighted by atomic mass is 9.83. The van der Waals surface area contributed by atoms with Gasteiger partial charge in [0.05, 0.1) is 11.1 Å². The normalized spacial score (nSPS) is 22.1. The van der Waals surface area contributed by atoms with Crippen LogP contribution in [0.5, 0.6) is 0 Å². The zero-order chi connectivity index (χ0) is 14.7. The molecule has 4 heteroatoms. The minimum atomic E-state index is -0.0135. The quantitative estimate of drug-likeness (QED) is 0.909. The predicted molar refractivity (Wildman–Crippen MR) is 84.3 cm³/mol. The highest BCUT2D eigenvalue weighted by molar-refractivity contribution is 6.05. The first-order chi connectivity index (χ1) is 10.2. The van der Waals surface area contributed by atoms with Gasteiger partial charge in [-0.3, -0.25) is 9.78 Å². The molecule has 1 aliphatic heterocycles. The number of para-hydroxylation sites is 1. The summed E-state index contributed by atoms with van der Waals surface area (Å²) in [4.78, 5) is 16.8. The Morgan fingerprint density at radius 3 is 3.05 bits per heavy atom. The summed E-state index contributed by atoms with van der Waals surface area (Å²) in [6.07, 6.45) is 4.02. The Labute approximate surface area is 125 Å². The summed E-state index contributed by atoms with van der Waals surface area (Å²) in [7, 11) is 0. The monoisotopic (exact) mass is 283 g/mol. The van der Waals surface area contributed by atoms with E-state index < -0.39 is 0 Å². The van der Waals surface area contributed by atoms with Gasteiger partial charge in [-0.1, -0.05) is 25.1 Å². The molecule has 1 aromatic carbocycles. The SMILES string of the molecule is CC1(CNC(=O)c2ccnc3ccccc23)CCCNC1. The molecule has 3 rings (SSSR count). The van der Waals surface area contributed by atoms with Crippen LogP contribution in [-0.2, 0) is 0 Å². The zero-order valence-electron chi connectivity index (χ0n) is 12.4. The molecule has 0 radical (unpaired) electrons. The number of hydrogen-bond acceptors (Lipinski definition) is 3. The number of rotatable bonds is 3. The summed E-state index contributed by atoms with van der Waals surface area (Å²) in [6.45, 7) is 4.97. The fourth-order valence-electron chi connectivity index (χ4n) is 2.95. The third kappa shape index (κ3) is 3.05. The number of nitrogens with zero attached hydrogens (tertiary/aromatic N) is 1. The van der Waals surface area contributed by atoms with Gasteiger partial charge in [0.2, 0.25) is 0 Å². The summed E-state index contributed by atoms with van der Waals surface area (Å²) in [5.74, 6) is -0.0135. The van der Waals surface area contributed by atoms with E-state index in [1.54, 1.807) is 12.3 Å². The van der Waals surface area contributed by atoms with Crippen molar-refractivity contribution in [2.24, 2.45) is 5.41 Å². The van der Waals surface area contributed by atoms with E-state index in [2.05, 4.69) is 22.5 Å². The standard InChI is InChI=1S/C17H21N3O/c1-17(8-4-9-18-11-17)12-20-16(21)14-7-10-19-15-6-3-2-5-13(14)15/h2-3,5-7,10,18H,4,8-9,11-12H2,1H3,(H,20,21). The molecule has 1 saturated heterocycles. The lowest BCUT2D eigenvalue weighted by Crippen LogP contribution is -2.45. The number of carbonyl (C=O) groups is 1. The van der Waals surface area contributed by atoms with Gasteiger partial charge in [-0.2, -0.15) is 0 Å². The molecule has 0 spiro atoms. The molecule has 1 amide bonds. The molecule has 2 heterocycles. The molecular weight excluding hydrogens is 262 g/mol. The van der Waals surface area contributed by atoms with Crippen molar-refractivity contribution in [3.05, 3.63) is 42.1 Å². The van der Waals surface area contributed by atoms with Gasteiger partial charge in [0.25, 0.3) is 5.91 Å². The van der Waals surface area contributed by atoms with Crippen LogP contribution in [0.15, 0.2) is 36.5 Å². The Morgan fingerprint density at radius 1 is 1.38 bits per heavy atom. The number of benzene rings is 1. The second-order valence-electron chi connectivity index (χ2n) is 6.15. The number of amides is 1. The van der Waals surface area contributed by atoms with Crippen molar-refractivity contribution < 1.29 is 4.79 Å². The number of fused-ring (bicyclic) bond motifs is 1. The van der Waals surface area contributed by atoms with E-state index in [1.807, 2.05) is 24.3 Å². The fourth-order valence-corrected chi connectivity index (χ4v) is 2.95. The lowest BCUT2D eigenvalue weighted by Gasteiger charge is -2.34. The minimum absolute atomic E-state index is 0.0135. The summed E-state index contributed by atoms with van der Waals surface area (Å²) in [5.41, 5.74) is 1.71. The number of aromatic nitrogens is 1. The van der Waals surface area contributed by atoms with Gasteiger partial charge >= 0.3 is 0 Å². The van der Waals surface area contributed by atoms with Crippen molar-refractivity contribution in [3.8, 4) is 0 Å². The third-order valence-corrected chi connectivity index (χ3v) is 4.26. The molecule has 0 aliphatic carbocycles. The van der Waals surface area contributed by atoms with Crippen LogP contribution in [-0.4, -0.2) is 30.5 Å². The van der Waals surface area contributed by atoms with E-state index in [-0.39, 0.29) is 11.3 Å². The Morgan fingerprint density at radius 2 is 2.24 bits per heavy atom. The molecule has 2 aromatic rings. The third-order valence-electron chi connectivity index (χ3n) is 4.26. The number of hydrogen-bond donors (Lipinski definition) is 2. The van der Waals surface area contributed by atoms with Gasteiger partial charge in [-0.15, -0.1) is 0 Å². The zero-order valence-corrected chi connectivity index (χ0v) is 12.4. The van der Waals surface area contributed by atoms with Crippen molar-refractivity contribution in [3.63, 3.8) is 0 Å². The van der Waals surface area contributed by atoms with E-state index in [4.69, 9.17) is 0 Å². The molecule has 0 saturated carbocycles. The highest BCUT2D eigenvalue weighted by Crippen LogP contribution is 2.24. The maximum atomic E-state index is 12.5. The Bertz CT molecular complexity index is 642. The van der Waals surface area contributed by atoms with Crippen LogP contribution in [0.3, 0.4) is 0 Å². The van der Waals surface area contributed by atoms with Crippen LogP contribution in [0.1, 0.15) is 30.1 Å². The highest BCUT2D eigenvalue weighted by Gasteiger charge is 2.27. The van der Waals surface area contributed by atoms with E-state index >= 15 is 0 Å². The highest BCUT2D eigenvalue weighted by atomic mass is 16.1. The molecule has 1 fully saturated rings. The molecule has 1 aromatic heterocycles. The van der Waals surface area contributed by atoms with Crippen molar-refractivity contribution in [1.29, 1.82) is 0 Å². The molecular formula is C17H21N3O. The molecule has 1 atom stereocenters. The number of carbonyl (C=O) groups excluding carboxylic acids is 1. The molecule has 1 unspecified atom stereocenters. The van der Waals surface area contributed by atoms with Gasteiger partial charge < -0.3 is 10.6 Å². The van der Waals surface area contributed by atoms with Crippen LogP contribution < -0.4 is 10.6 Å². The van der Waals surface area contributed by atoms with Crippen LogP contribution in [0.2, 0.25) is 0 Å². The number of piperidine rings is 1. The van der Waals surface area contributed by atoms with Crippen molar-refractivity contribution in [2.75, 3.05) is 19.6 Å². The van der Waals surface area contributed by atoms with Gasteiger partial charge in [-0.25, -0.2) is 0 Å². The molecule has 2 N–H and O–H groups in total. The maximum Gasteiger partial charge on any atom is 0.252 e. The second kappa shape index (κ2) is 5.82. The summed E-state index contributed by atoms with van der Waals surface area (Å²) in [6, 6.07) is 9.54. The average Bonchev–Trinajstić information content (AvgIpc) is 2.53. The van der Waals surface area contributed by atoms with Gasteiger partial charge in [0.15, 0.2) is 0 Å². The van der Waals surface area contributed by atoms with Crippen LogP contribution in [0, 0.1) is 5.41 Å². The topological polar surface area (TPSA) is 54.0 Å². The number of nitrogens with one attached hydrogen (secondary N) is 2. The average molecular weight is 283 g/mol. The molecule has 4 nitrogen and oxygen atoms in total. The molecule has 0 bridgehead atoms. The summed E-state index contributed by atoms with van der Waals surface area (Å²) >= 11 is 0. The van der Waals surface area contributed by atoms with E-state index in [1.165, 1.54) is 6.42 Å². The van der Waals surface area contributed by atoms with Crippen molar-refractivity contribution in [2.45, 2.75) is 19.8 Å². The van der Waals surface area contributed by atoms with Gasteiger partial charge in [-0.05, 0) is 36.9 Å². The largest absolute Gasteiger partial charge is 0.351 e. The summed E-state index contributed by atoms with van der Waals surface area (Å²) < 4.78 is 0. The van der Waals surface area contributed by atoms with Crippen LogP contribution >= 0.6 is 0 Å². The molecule has 110 valence electrons. The van der Waals surface area contributed by atoms with Gasteiger partial charge in [0, 0.05) is 24.7 Å². The van der Waals surface area contributed by atoms with E-state index in [0.717, 1.165) is 30.4 Å². The smallest absolute Gasteiger partial charge is 0.252 e. The fraction of sp³-hybridized carbons (Fsp3) is 0.412.